The van der Waals surface area contributed by atoms with Crippen molar-refractivity contribution in [3.8, 4) is 5.75 Å². The summed E-state index contributed by atoms with van der Waals surface area (Å²) in [5.41, 5.74) is 0. The monoisotopic (exact) mass is 314 g/mol. The zero-order valence-electron chi connectivity index (χ0n) is 10.1. The van der Waals surface area contributed by atoms with Gasteiger partial charge in [-0.05, 0) is 12.1 Å². The Morgan fingerprint density at radius 3 is 2.10 bits per heavy atom. The molecule has 0 aliphatic heterocycles. The number of ether oxygens (including phenoxy) is 1. The molecule has 0 fully saturated rings. The first-order valence-electron chi connectivity index (χ1n) is 5.31. The molecule has 1 rings (SSSR count). The van der Waals surface area contributed by atoms with E-state index in [1.807, 2.05) is 0 Å². The van der Waals surface area contributed by atoms with Gasteiger partial charge in [0.05, 0.1) is 6.08 Å². The third-order valence-corrected chi connectivity index (χ3v) is 2.23. The topological polar surface area (TPSA) is 46.5 Å². The summed E-state index contributed by atoms with van der Waals surface area (Å²) in [5, 5.41) is 8.41. The Hall–Kier alpha value is -2.19. The van der Waals surface area contributed by atoms with E-state index in [-0.39, 0.29) is 6.08 Å². The van der Waals surface area contributed by atoms with Crippen molar-refractivity contribution in [2.45, 2.75) is 18.3 Å². The van der Waals surface area contributed by atoms with Gasteiger partial charge in [-0.2, -0.15) is 17.6 Å². The minimum Gasteiger partial charge on any atom is -0.478 e. The molecule has 1 N–H and O–H groups in total. The first-order valence-corrected chi connectivity index (χ1v) is 5.31. The molecule has 21 heavy (non-hydrogen) atoms. The number of allylic oxidation sites excluding steroid dienone is 1. The molecule has 0 amide bonds. The van der Waals surface area contributed by atoms with E-state index in [0.29, 0.717) is 0 Å². The lowest BCUT2D eigenvalue weighted by molar-refractivity contribution is -0.255. The predicted molar refractivity (Wildman–Crippen MR) is 58.7 cm³/mol. The van der Waals surface area contributed by atoms with Gasteiger partial charge in [0.1, 0.15) is 5.75 Å². The number of aliphatic carboxylic acids is 1. The molecule has 0 bridgehead atoms. The molecular formula is C12H8F6O3. The molecule has 0 aliphatic carbocycles. The van der Waals surface area contributed by atoms with Gasteiger partial charge in [-0.25, -0.2) is 13.6 Å². The van der Waals surface area contributed by atoms with Crippen LogP contribution < -0.4 is 4.74 Å². The van der Waals surface area contributed by atoms with Crippen molar-refractivity contribution in [3.05, 3.63) is 42.2 Å². The van der Waals surface area contributed by atoms with E-state index in [1.54, 1.807) is 0 Å². The Morgan fingerprint density at radius 2 is 1.67 bits per heavy atom. The average molecular weight is 314 g/mol. The maximum atomic E-state index is 13.5. The Kier molecular flexibility index (Phi) is 4.87. The molecule has 116 valence electrons. The van der Waals surface area contributed by atoms with Crippen LogP contribution in [0, 0.1) is 0 Å². The molecule has 1 aromatic carbocycles. The zero-order valence-corrected chi connectivity index (χ0v) is 10.1. The number of carbonyl (C=O) groups is 1. The van der Waals surface area contributed by atoms with Gasteiger partial charge in [-0.3, -0.25) is 0 Å². The molecule has 0 atom stereocenters. The van der Waals surface area contributed by atoms with Crippen molar-refractivity contribution in [2.24, 2.45) is 0 Å². The number of rotatable bonds is 6. The van der Waals surface area contributed by atoms with Gasteiger partial charge in [0, 0.05) is 0 Å². The molecule has 0 saturated heterocycles. The summed E-state index contributed by atoms with van der Waals surface area (Å²) in [6.45, 7) is 0. The van der Waals surface area contributed by atoms with Crippen LogP contribution in [-0.2, 0) is 4.79 Å². The maximum Gasteiger partial charge on any atom is 0.376 e. The number of benzene rings is 1. The standard InChI is InChI=1S/C12H8F6O3/c13-10(14)12(17,18)11(15,16)8(6-9(19)20)21-7-4-2-1-3-5-7/h1-6,10H,(H,19,20)/b8-6+. The lowest BCUT2D eigenvalue weighted by Crippen LogP contribution is -2.49. The summed E-state index contributed by atoms with van der Waals surface area (Å²) in [4.78, 5) is 10.4. The number of para-hydroxylation sites is 1. The molecule has 1 aromatic rings. The third-order valence-electron chi connectivity index (χ3n) is 2.23. The minimum atomic E-state index is -5.79. The number of carboxylic acid groups (broad SMARTS) is 1. The van der Waals surface area contributed by atoms with Crippen LogP contribution in [0.5, 0.6) is 5.75 Å². The van der Waals surface area contributed by atoms with E-state index in [0.717, 1.165) is 12.1 Å². The fraction of sp³-hybridized carbons (Fsp3) is 0.250. The van der Waals surface area contributed by atoms with Crippen molar-refractivity contribution in [2.75, 3.05) is 0 Å². The Bertz CT molecular complexity index is 527. The highest BCUT2D eigenvalue weighted by atomic mass is 19.3. The third kappa shape index (κ3) is 3.67. The summed E-state index contributed by atoms with van der Waals surface area (Å²) < 4.78 is 81.3. The minimum absolute atomic E-state index is 0.386. The molecular weight excluding hydrogens is 306 g/mol. The van der Waals surface area contributed by atoms with Gasteiger partial charge < -0.3 is 9.84 Å². The van der Waals surface area contributed by atoms with Gasteiger partial charge in [0.2, 0.25) is 0 Å². The fourth-order valence-electron chi connectivity index (χ4n) is 1.21. The summed E-state index contributed by atoms with van der Waals surface area (Å²) in [7, 11) is 0. The van der Waals surface area contributed by atoms with Crippen molar-refractivity contribution in [1.82, 2.24) is 0 Å². The molecule has 0 unspecified atom stereocenters. The highest BCUT2D eigenvalue weighted by Crippen LogP contribution is 2.44. The second-order valence-corrected chi connectivity index (χ2v) is 3.76. The summed E-state index contributed by atoms with van der Waals surface area (Å²) >= 11 is 0. The maximum absolute atomic E-state index is 13.5. The van der Waals surface area contributed by atoms with Crippen LogP contribution >= 0.6 is 0 Å². The van der Waals surface area contributed by atoms with E-state index in [1.165, 1.54) is 18.2 Å². The van der Waals surface area contributed by atoms with Gasteiger partial charge in [-0.15, -0.1) is 0 Å². The molecule has 0 spiro atoms. The largest absolute Gasteiger partial charge is 0.478 e. The lowest BCUT2D eigenvalue weighted by atomic mass is 10.1. The van der Waals surface area contributed by atoms with Crippen LogP contribution in [0.3, 0.4) is 0 Å². The number of hydrogen-bond acceptors (Lipinski definition) is 2. The number of alkyl halides is 6. The molecule has 0 radical (unpaired) electrons. The van der Waals surface area contributed by atoms with Gasteiger partial charge >= 0.3 is 24.2 Å². The summed E-state index contributed by atoms with van der Waals surface area (Å²) in [6, 6.07) is 6.14. The van der Waals surface area contributed by atoms with Crippen molar-refractivity contribution in [3.63, 3.8) is 0 Å². The highest BCUT2D eigenvalue weighted by molar-refractivity contribution is 5.80. The van der Waals surface area contributed by atoms with Crippen molar-refractivity contribution < 1.29 is 41.0 Å². The summed E-state index contributed by atoms with van der Waals surface area (Å²) in [6.07, 6.45) is -5.09. The van der Waals surface area contributed by atoms with Gasteiger partial charge in [0.25, 0.3) is 0 Å². The smallest absolute Gasteiger partial charge is 0.376 e. The quantitative estimate of drug-likeness (QED) is 0.496. The molecule has 0 saturated carbocycles. The van der Waals surface area contributed by atoms with Crippen LogP contribution in [0.1, 0.15) is 0 Å². The molecule has 0 aliphatic rings. The van der Waals surface area contributed by atoms with Crippen LogP contribution in [-0.4, -0.2) is 29.3 Å². The zero-order chi connectivity index (χ0) is 16.3. The first kappa shape index (κ1) is 16.9. The normalized spacial score (nSPS) is 13.4. The molecule has 3 nitrogen and oxygen atoms in total. The van der Waals surface area contributed by atoms with E-state index < -0.39 is 35.7 Å². The highest BCUT2D eigenvalue weighted by Gasteiger charge is 2.66. The number of carboxylic acids is 1. The Balaban J connectivity index is 3.23. The van der Waals surface area contributed by atoms with E-state index in [4.69, 9.17) is 5.11 Å². The van der Waals surface area contributed by atoms with Crippen LogP contribution in [0.2, 0.25) is 0 Å². The van der Waals surface area contributed by atoms with Crippen molar-refractivity contribution in [1.29, 1.82) is 0 Å². The van der Waals surface area contributed by atoms with Gasteiger partial charge in [-0.1, -0.05) is 18.2 Å². The van der Waals surface area contributed by atoms with E-state index in [2.05, 4.69) is 4.74 Å². The molecule has 0 heterocycles. The Labute approximate surface area is 114 Å². The second kappa shape index (κ2) is 6.06. The fourth-order valence-corrected chi connectivity index (χ4v) is 1.21. The molecule has 0 aromatic heterocycles. The second-order valence-electron chi connectivity index (χ2n) is 3.76. The SMILES string of the molecule is O=C(O)/C=C(/Oc1ccccc1)C(F)(F)C(F)(F)C(F)F. The van der Waals surface area contributed by atoms with Crippen LogP contribution in [0.15, 0.2) is 42.2 Å². The number of halogens is 6. The predicted octanol–water partition coefficient (Wildman–Crippen LogP) is 3.57. The molecule has 9 heteroatoms. The van der Waals surface area contributed by atoms with Crippen LogP contribution in [0.4, 0.5) is 26.3 Å². The lowest BCUT2D eigenvalue weighted by Gasteiger charge is -2.27. The average Bonchev–Trinajstić information content (AvgIpc) is 2.38. The first-order chi connectivity index (χ1) is 9.59. The number of hydrogen-bond donors (Lipinski definition) is 1. The van der Waals surface area contributed by atoms with Gasteiger partial charge in [0.15, 0.2) is 5.76 Å². The Morgan fingerprint density at radius 1 is 1.14 bits per heavy atom. The van der Waals surface area contributed by atoms with E-state index >= 15 is 0 Å². The van der Waals surface area contributed by atoms with Crippen LogP contribution in [0.25, 0.3) is 0 Å². The summed E-state index contributed by atoms with van der Waals surface area (Å²) in [5.74, 6) is -15.8. The van der Waals surface area contributed by atoms with Crippen molar-refractivity contribution >= 4 is 5.97 Å². The van der Waals surface area contributed by atoms with E-state index in [9.17, 15) is 31.1 Å².